The average Bonchev–Trinajstić information content (AvgIpc) is 2.53. The van der Waals surface area contributed by atoms with E-state index in [4.69, 9.17) is 0 Å². The number of carbonyl (C=O) groups is 1. The number of halogens is 3. The molecule has 0 heterocycles. The van der Waals surface area contributed by atoms with E-state index in [2.05, 4.69) is 5.32 Å². The molecule has 2 rings (SSSR count). The summed E-state index contributed by atoms with van der Waals surface area (Å²) >= 11 is 0. The number of hydrogen-bond donors (Lipinski definition) is 2. The monoisotopic (exact) mass is 323 g/mol. The van der Waals surface area contributed by atoms with Crippen LogP contribution in [0.1, 0.15) is 28.4 Å². The van der Waals surface area contributed by atoms with Crippen LogP contribution in [-0.2, 0) is 11.8 Å². The predicted octanol–water partition coefficient (Wildman–Crippen LogP) is 3.34. The lowest BCUT2D eigenvalue weighted by Crippen LogP contribution is -2.38. The van der Waals surface area contributed by atoms with Crippen molar-refractivity contribution in [3.63, 3.8) is 0 Å². The second-order valence-electron chi connectivity index (χ2n) is 5.40. The highest BCUT2D eigenvalue weighted by Gasteiger charge is 2.30. The topological polar surface area (TPSA) is 49.3 Å². The zero-order valence-electron chi connectivity index (χ0n) is 12.4. The minimum atomic E-state index is -4.44. The van der Waals surface area contributed by atoms with Crippen LogP contribution in [0.15, 0.2) is 54.6 Å². The Labute approximate surface area is 131 Å². The van der Waals surface area contributed by atoms with Gasteiger partial charge < -0.3 is 10.4 Å². The largest absolute Gasteiger partial charge is 0.416 e. The summed E-state index contributed by atoms with van der Waals surface area (Å²) in [6.07, 6.45) is -4.44. The summed E-state index contributed by atoms with van der Waals surface area (Å²) in [6.45, 7) is 1.49. The Morgan fingerprint density at radius 3 is 2.09 bits per heavy atom. The lowest BCUT2D eigenvalue weighted by atomic mass is 9.96. The fraction of sp³-hybridized carbons (Fsp3) is 0.235. The van der Waals surface area contributed by atoms with Crippen molar-refractivity contribution in [2.24, 2.45) is 0 Å². The molecule has 0 aliphatic rings. The van der Waals surface area contributed by atoms with Crippen molar-refractivity contribution in [1.29, 1.82) is 0 Å². The minimum Gasteiger partial charge on any atom is -0.384 e. The van der Waals surface area contributed by atoms with E-state index in [0.717, 1.165) is 24.3 Å². The van der Waals surface area contributed by atoms with E-state index in [0.29, 0.717) is 5.56 Å². The number of rotatable bonds is 4. The van der Waals surface area contributed by atoms with E-state index >= 15 is 0 Å². The molecule has 6 heteroatoms. The van der Waals surface area contributed by atoms with Gasteiger partial charge in [-0.3, -0.25) is 4.79 Å². The smallest absolute Gasteiger partial charge is 0.384 e. The first-order valence-electron chi connectivity index (χ1n) is 6.93. The van der Waals surface area contributed by atoms with Gasteiger partial charge in [0, 0.05) is 5.56 Å². The third-order valence-electron chi connectivity index (χ3n) is 3.46. The zero-order valence-corrected chi connectivity index (χ0v) is 12.4. The number of alkyl halides is 3. The van der Waals surface area contributed by atoms with Crippen LogP contribution in [0, 0.1) is 0 Å². The van der Waals surface area contributed by atoms with Gasteiger partial charge in [-0.15, -0.1) is 0 Å². The fourth-order valence-electron chi connectivity index (χ4n) is 2.06. The second kappa shape index (κ2) is 6.42. The van der Waals surface area contributed by atoms with Gasteiger partial charge in [0.05, 0.1) is 12.1 Å². The lowest BCUT2D eigenvalue weighted by Gasteiger charge is -2.24. The summed E-state index contributed by atoms with van der Waals surface area (Å²) in [5.41, 5.74) is -1.36. The summed E-state index contributed by atoms with van der Waals surface area (Å²) in [5.74, 6) is -0.546. The van der Waals surface area contributed by atoms with Gasteiger partial charge >= 0.3 is 6.18 Å². The van der Waals surface area contributed by atoms with Gasteiger partial charge in [0.2, 0.25) is 0 Å². The molecular weight excluding hydrogens is 307 g/mol. The van der Waals surface area contributed by atoms with E-state index in [1.54, 1.807) is 37.3 Å². The van der Waals surface area contributed by atoms with Crippen LogP contribution in [0.4, 0.5) is 13.2 Å². The van der Waals surface area contributed by atoms with E-state index in [9.17, 15) is 23.1 Å². The molecule has 3 nitrogen and oxygen atoms in total. The number of nitrogens with one attached hydrogen (secondary N) is 1. The van der Waals surface area contributed by atoms with Gasteiger partial charge in [-0.2, -0.15) is 13.2 Å². The summed E-state index contributed by atoms with van der Waals surface area (Å²) in [4.78, 5) is 12.0. The molecule has 0 saturated carbocycles. The molecular formula is C17H16F3NO2. The maximum Gasteiger partial charge on any atom is 0.416 e. The molecule has 2 aromatic rings. The van der Waals surface area contributed by atoms with E-state index in [-0.39, 0.29) is 12.1 Å². The Bertz CT molecular complexity index is 664. The number of aliphatic hydroxyl groups is 1. The third-order valence-corrected chi connectivity index (χ3v) is 3.46. The van der Waals surface area contributed by atoms with Crippen LogP contribution in [0.25, 0.3) is 0 Å². The molecule has 0 spiro atoms. The number of benzene rings is 2. The van der Waals surface area contributed by atoms with E-state index in [1.807, 2.05) is 0 Å². The predicted molar refractivity (Wildman–Crippen MR) is 79.8 cm³/mol. The van der Waals surface area contributed by atoms with Gasteiger partial charge in [-0.05, 0) is 36.8 Å². The normalized spacial score (nSPS) is 14.1. The van der Waals surface area contributed by atoms with Gasteiger partial charge in [0.1, 0.15) is 5.60 Å². The first-order chi connectivity index (χ1) is 10.7. The molecule has 23 heavy (non-hydrogen) atoms. The van der Waals surface area contributed by atoms with Gasteiger partial charge in [0.15, 0.2) is 0 Å². The van der Waals surface area contributed by atoms with Crippen molar-refractivity contribution in [3.05, 3.63) is 71.3 Å². The van der Waals surface area contributed by atoms with Crippen molar-refractivity contribution in [1.82, 2.24) is 5.32 Å². The summed E-state index contributed by atoms with van der Waals surface area (Å²) in [5, 5.41) is 12.9. The molecule has 0 radical (unpaired) electrons. The Morgan fingerprint density at radius 2 is 1.57 bits per heavy atom. The van der Waals surface area contributed by atoms with Gasteiger partial charge in [-0.25, -0.2) is 0 Å². The van der Waals surface area contributed by atoms with Crippen LogP contribution in [-0.4, -0.2) is 17.6 Å². The molecule has 1 unspecified atom stereocenters. The standard InChI is InChI=1S/C17H16F3NO2/c1-16(23,13-5-3-2-4-6-13)11-21-15(22)12-7-9-14(10-8-12)17(18,19)20/h2-10,23H,11H2,1H3,(H,21,22). The van der Waals surface area contributed by atoms with Crippen LogP contribution in [0.2, 0.25) is 0 Å². The maximum atomic E-state index is 12.5. The first-order valence-corrected chi connectivity index (χ1v) is 6.93. The molecule has 0 aliphatic heterocycles. The van der Waals surface area contributed by atoms with E-state index in [1.165, 1.54) is 0 Å². The quantitative estimate of drug-likeness (QED) is 0.906. The van der Waals surface area contributed by atoms with Crippen LogP contribution in [0.3, 0.4) is 0 Å². The van der Waals surface area contributed by atoms with Crippen molar-refractivity contribution in [2.75, 3.05) is 6.54 Å². The summed E-state index contributed by atoms with van der Waals surface area (Å²) < 4.78 is 37.4. The van der Waals surface area contributed by atoms with Crippen molar-refractivity contribution in [3.8, 4) is 0 Å². The summed E-state index contributed by atoms with van der Waals surface area (Å²) in [7, 11) is 0. The minimum absolute atomic E-state index is 0.0587. The molecule has 0 saturated heterocycles. The summed E-state index contributed by atoms with van der Waals surface area (Å²) in [6, 6.07) is 12.7. The fourth-order valence-corrected chi connectivity index (χ4v) is 2.06. The number of amides is 1. The van der Waals surface area contributed by atoms with Crippen molar-refractivity contribution in [2.45, 2.75) is 18.7 Å². The van der Waals surface area contributed by atoms with Crippen LogP contribution in [0.5, 0.6) is 0 Å². The maximum absolute atomic E-state index is 12.5. The van der Waals surface area contributed by atoms with Gasteiger partial charge in [-0.1, -0.05) is 30.3 Å². The molecule has 0 fully saturated rings. The highest BCUT2D eigenvalue weighted by atomic mass is 19.4. The van der Waals surface area contributed by atoms with Gasteiger partial charge in [0.25, 0.3) is 5.91 Å². The van der Waals surface area contributed by atoms with Crippen molar-refractivity contribution >= 4 is 5.91 Å². The van der Waals surface area contributed by atoms with Crippen molar-refractivity contribution < 1.29 is 23.1 Å². The van der Waals surface area contributed by atoms with Crippen LogP contribution < -0.4 is 5.32 Å². The zero-order chi connectivity index (χ0) is 17.1. The lowest BCUT2D eigenvalue weighted by molar-refractivity contribution is -0.137. The molecule has 122 valence electrons. The molecule has 0 bridgehead atoms. The highest BCUT2D eigenvalue weighted by molar-refractivity contribution is 5.94. The Kier molecular flexibility index (Phi) is 4.75. The second-order valence-corrected chi connectivity index (χ2v) is 5.40. The molecule has 0 aliphatic carbocycles. The molecule has 1 atom stereocenters. The third kappa shape index (κ3) is 4.32. The average molecular weight is 323 g/mol. The number of carbonyl (C=O) groups excluding carboxylic acids is 1. The Morgan fingerprint density at radius 1 is 1.00 bits per heavy atom. The number of hydrogen-bond acceptors (Lipinski definition) is 2. The van der Waals surface area contributed by atoms with E-state index < -0.39 is 23.2 Å². The molecule has 1 amide bonds. The SMILES string of the molecule is CC(O)(CNC(=O)c1ccc(C(F)(F)F)cc1)c1ccccc1. The Balaban J connectivity index is 2.02. The van der Waals surface area contributed by atoms with Crippen LogP contribution >= 0.6 is 0 Å². The highest BCUT2D eigenvalue weighted by Crippen LogP contribution is 2.29. The molecule has 2 N–H and O–H groups in total. The molecule has 0 aromatic heterocycles. The first kappa shape index (κ1) is 17.0. The Hall–Kier alpha value is -2.34. The molecule has 2 aromatic carbocycles.